The zero-order valence-electron chi connectivity index (χ0n) is 21.8. The highest BCUT2D eigenvalue weighted by atomic mass is 19.4. The third kappa shape index (κ3) is 4.87. The van der Waals surface area contributed by atoms with Crippen LogP contribution in [0.4, 0.5) is 24.8 Å². The molecule has 1 aliphatic heterocycles. The summed E-state index contributed by atoms with van der Waals surface area (Å²) in [4.78, 5) is 30.5. The molecule has 0 spiro atoms. The van der Waals surface area contributed by atoms with E-state index < -0.39 is 23.7 Å². The molecule has 0 unspecified atom stereocenters. The van der Waals surface area contributed by atoms with Crippen LogP contribution in [-0.2, 0) is 23.9 Å². The standard InChI is InChI=1S/C26H29F3N8O/c1-24(2,3)22-31-9-8-19(34-22)37-20-17(21(38)36(37)14-26(27,28)29)12-32-23(35-20)33-16-6-7-18-15(10-16)11-30-13-25(18,4)5/h6-10,12,30H,11,13-14H2,1-5H3,(H,32,33,35). The highest BCUT2D eigenvalue weighted by Crippen LogP contribution is 2.32. The third-order valence-corrected chi connectivity index (χ3v) is 6.51. The minimum absolute atomic E-state index is 0.0102. The smallest absolute Gasteiger partial charge is 0.324 e. The van der Waals surface area contributed by atoms with Gasteiger partial charge >= 0.3 is 6.18 Å². The molecule has 200 valence electrons. The fourth-order valence-corrected chi connectivity index (χ4v) is 4.67. The Hall–Kier alpha value is -3.80. The third-order valence-electron chi connectivity index (χ3n) is 6.51. The van der Waals surface area contributed by atoms with Crippen LogP contribution >= 0.6 is 0 Å². The van der Waals surface area contributed by atoms with Crippen molar-refractivity contribution in [1.29, 1.82) is 0 Å². The summed E-state index contributed by atoms with van der Waals surface area (Å²) in [6.45, 7) is 10.1. The number of alkyl halides is 3. The number of rotatable bonds is 4. The van der Waals surface area contributed by atoms with Crippen molar-refractivity contribution in [2.24, 2.45) is 0 Å². The van der Waals surface area contributed by atoms with Crippen molar-refractivity contribution in [2.75, 3.05) is 11.9 Å². The summed E-state index contributed by atoms with van der Waals surface area (Å²) in [5.74, 6) is 0.664. The van der Waals surface area contributed by atoms with Crippen molar-refractivity contribution in [1.82, 2.24) is 34.6 Å². The van der Waals surface area contributed by atoms with E-state index >= 15 is 0 Å². The van der Waals surface area contributed by atoms with Crippen molar-refractivity contribution < 1.29 is 13.2 Å². The summed E-state index contributed by atoms with van der Waals surface area (Å²) in [5, 5.41) is 6.50. The van der Waals surface area contributed by atoms with Gasteiger partial charge in [-0.15, -0.1) is 0 Å². The summed E-state index contributed by atoms with van der Waals surface area (Å²) < 4.78 is 42.2. The van der Waals surface area contributed by atoms with Crippen molar-refractivity contribution in [2.45, 2.75) is 64.7 Å². The van der Waals surface area contributed by atoms with Crippen molar-refractivity contribution in [3.8, 4) is 5.82 Å². The van der Waals surface area contributed by atoms with Crippen LogP contribution in [0.5, 0.6) is 0 Å². The molecule has 0 saturated heterocycles. The summed E-state index contributed by atoms with van der Waals surface area (Å²) in [6.07, 6.45) is -1.94. The number of hydrogen-bond acceptors (Lipinski definition) is 7. The first-order valence-electron chi connectivity index (χ1n) is 12.2. The van der Waals surface area contributed by atoms with Gasteiger partial charge in [-0.25, -0.2) is 24.3 Å². The molecule has 5 rings (SSSR count). The molecule has 4 heterocycles. The van der Waals surface area contributed by atoms with Gasteiger partial charge in [0.05, 0.1) is 0 Å². The second-order valence-corrected chi connectivity index (χ2v) is 11.2. The van der Waals surface area contributed by atoms with E-state index in [1.165, 1.54) is 24.0 Å². The first kappa shape index (κ1) is 25.8. The molecule has 2 N–H and O–H groups in total. The Morgan fingerprint density at radius 1 is 1.11 bits per heavy atom. The Labute approximate surface area is 217 Å². The molecule has 3 aromatic heterocycles. The van der Waals surface area contributed by atoms with Crippen LogP contribution in [0.25, 0.3) is 16.9 Å². The summed E-state index contributed by atoms with van der Waals surface area (Å²) in [7, 11) is 0. The normalized spacial score (nSPS) is 15.5. The lowest BCUT2D eigenvalue weighted by atomic mass is 9.79. The first-order valence-corrected chi connectivity index (χ1v) is 12.2. The summed E-state index contributed by atoms with van der Waals surface area (Å²) >= 11 is 0. The average Bonchev–Trinajstić information content (AvgIpc) is 3.07. The molecular formula is C26H29F3N8O. The number of fused-ring (bicyclic) bond motifs is 2. The number of benzene rings is 1. The predicted octanol–water partition coefficient (Wildman–Crippen LogP) is 4.36. The Kier molecular flexibility index (Phi) is 6.05. The maximum atomic E-state index is 13.5. The molecule has 4 aromatic rings. The molecule has 0 radical (unpaired) electrons. The number of anilines is 2. The maximum Gasteiger partial charge on any atom is 0.408 e. The van der Waals surface area contributed by atoms with Crippen molar-refractivity contribution in [3.05, 3.63) is 64.0 Å². The van der Waals surface area contributed by atoms with Gasteiger partial charge in [0.1, 0.15) is 17.8 Å². The molecule has 0 fully saturated rings. The van der Waals surface area contributed by atoms with Gasteiger partial charge in [0.25, 0.3) is 5.56 Å². The van der Waals surface area contributed by atoms with Gasteiger partial charge in [0, 0.05) is 48.1 Å². The molecule has 12 heteroatoms. The van der Waals surface area contributed by atoms with Crippen LogP contribution in [0.3, 0.4) is 0 Å². The SMILES string of the molecule is CC(C)(C)c1nccc(-n2c3nc(Nc4ccc5c(c4)CNCC5(C)C)ncc3c(=O)n2CC(F)(F)F)n1. The number of aromatic nitrogens is 6. The largest absolute Gasteiger partial charge is 0.408 e. The van der Waals surface area contributed by atoms with Gasteiger partial charge in [-0.05, 0) is 23.3 Å². The molecular weight excluding hydrogens is 497 g/mol. The summed E-state index contributed by atoms with van der Waals surface area (Å²) in [6, 6.07) is 7.43. The minimum Gasteiger partial charge on any atom is -0.324 e. The number of nitrogens with zero attached hydrogens (tertiary/aromatic N) is 6. The quantitative estimate of drug-likeness (QED) is 0.408. The van der Waals surface area contributed by atoms with Crippen LogP contribution in [-0.4, -0.2) is 42.0 Å². The second-order valence-electron chi connectivity index (χ2n) is 11.2. The predicted molar refractivity (Wildman–Crippen MR) is 138 cm³/mol. The number of halogens is 3. The van der Waals surface area contributed by atoms with Crippen LogP contribution in [0.1, 0.15) is 51.6 Å². The van der Waals surface area contributed by atoms with Crippen LogP contribution in [0.2, 0.25) is 0 Å². The molecule has 0 saturated carbocycles. The Bertz CT molecular complexity index is 1580. The van der Waals surface area contributed by atoms with E-state index in [4.69, 9.17) is 0 Å². The van der Waals surface area contributed by atoms with E-state index in [2.05, 4.69) is 50.5 Å². The zero-order valence-corrected chi connectivity index (χ0v) is 21.8. The van der Waals surface area contributed by atoms with Gasteiger partial charge < -0.3 is 10.6 Å². The van der Waals surface area contributed by atoms with Gasteiger partial charge in [-0.2, -0.15) is 18.2 Å². The van der Waals surface area contributed by atoms with E-state index in [-0.39, 0.29) is 28.2 Å². The molecule has 1 aromatic carbocycles. The van der Waals surface area contributed by atoms with E-state index in [9.17, 15) is 18.0 Å². The van der Waals surface area contributed by atoms with Crippen molar-refractivity contribution >= 4 is 22.7 Å². The van der Waals surface area contributed by atoms with Crippen LogP contribution < -0.4 is 16.2 Å². The second kappa shape index (κ2) is 8.90. The monoisotopic (exact) mass is 526 g/mol. The Morgan fingerprint density at radius 2 is 1.87 bits per heavy atom. The molecule has 0 atom stereocenters. The van der Waals surface area contributed by atoms with Crippen LogP contribution in [0, 0.1) is 0 Å². The topological polar surface area (TPSA) is 103 Å². The lowest BCUT2D eigenvalue weighted by molar-refractivity contribution is -0.144. The molecule has 9 nitrogen and oxygen atoms in total. The molecule has 0 amide bonds. The van der Waals surface area contributed by atoms with E-state index in [1.807, 2.05) is 32.9 Å². The Balaban J connectivity index is 1.63. The molecule has 1 aliphatic rings. The van der Waals surface area contributed by atoms with Gasteiger partial charge in [0.2, 0.25) is 5.95 Å². The maximum absolute atomic E-state index is 13.5. The highest BCUT2D eigenvalue weighted by molar-refractivity contribution is 5.77. The lowest BCUT2D eigenvalue weighted by Gasteiger charge is -2.33. The van der Waals surface area contributed by atoms with E-state index in [0.29, 0.717) is 10.5 Å². The fraction of sp³-hybridized carbons (Fsp3) is 0.423. The zero-order chi connectivity index (χ0) is 27.5. The molecule has 0 aliphatic carbocycles. The molecule has 38 heavy (non-hydrogen) atoms. The average molecular weight is 527 g/mol. The van der Waals surface area contributed by atoms with Crippen LogP contribution in [0.15, 0.2) is 41.5 Å². The lowest BCUT2D eigenvalue weighted by Crippen LogP contribution is -2.38. The Morgan fingerprint density at radius 3 is 2.58 bits per heavy atom. The van der Waals surface area contributed by atoms with Crippen molar-refractivity contribution in [3.63, 3.8) is 0 Å². The van der Waals surface area contributed by atoms with Gasteiger partial charge in [0.15, 0.2) is 11.5 Å². The van der Waals surface area contributed by atoms with E-state index in [1.54, 1.807) is 0 Å². The highest BCUT2D eigenvalue weighted by Gasteiger charge is 2.33. The molecule has 0 bridgehead atoms. The minimum atomic E-state index is -4.64. The van der Waals surface area contributed by atoms with Gasteiger partial charge in [-0.3, -0.25) is 4.79 Å². The first-order chi connectivity index (χ1) is 17.7. The number of hydrogen-bond donors (Lipinski definition) is 2. The van der Waals surface area contributed by atoms with E-state index in [0.717, 1.165) is 29.0 Å². The number of nitrogens with one attached hydrogen (secondary N) is 2. The van der Waals surface area contributed by atoms with Gasteiger partial charge in [-0.1, -0.05) is 40.7 Å². The summed E-state index contributed by atoms with van der Waals surface area (Å²) in [5.41, 5.74) is 1.78. The fourth-order valence-electron chi connectivity index (χ4n) is 4.67.